The molecular weight excluding hydrogens is 254 g/mol. The van der Waals surface area contributed by atoms with Gasteiger partial charge >= 0.3 is 0 Å². The first-order valence-electron chi connectivity index (χ1n) is 6.75. The zero-order valence-electron chi connectivity index (χ0n) is 12.6. The van der Waals surface area contributed by atoms with Crippen LogP contribution in [0.25, 0.3) is 0 Å². The fourth-order valence-electron chi connectivity index (χ4n) is 1.82. The lowest BCUT2D eigenvalue weighted by atomic mass is 10.1. The van der Waals surface area contributed by atoms with Gasteiger partial charge in [0.1, 0.15) is 0 Å². The van der Waals surface area contributed by atoms with Gasteiger partial charge in [0.25, 0.3) is 5.91 Å². The monoisotopic (exact) mass is 277 g/mol. The number of carbonyl (C=O) groups is 2. The Balaban J connectivity index is 2.92. The van der Waals surface area contributed by atoms with Gasteiger partial charge in [0.2, 0.25) is 5.91 Å². The predicted molar refractivity (Wildman–Crippen MR) is 80.7 cm³/mol. The Hall–Kier alpha value is -1.88. The number of nitrogens with zero attached hydrogens (tertiary/aromatic N) is 1. The highest BCUT2D eigenvalue weighted by Gasteiger charge is 2.15. The number of hydrogen-bond donors (Lipinski definition) is 2. The first kappa shape index (κ1) is 16.2. The van der Waals surface area contributed by atoms with Crippen LogP contribution < -0.4 is 11.1 Å². The summed E-state index contributed by atoms with van der Waals surface area (Å²) in [6.07, 6.45) is 1.49. The molecule has 1 aromatic carbocycles. The highest BCUT2D eigenvalue weighted by Crippen LogP contribution is 2.18. The van der Waals surface area contributed by atoms with Crippen molar-refractivity contribution in [1.29, 1.82) is 0 Å². The molecular formula is C15H23N3O2. The van der Waals surface area contributed by atoms with Crippen LogP contribution in [0.1, 0.15) is 35.7 Å². The molecule has 0 aliphatic heterocycles. The minimum Gasteiger partial charge on any atom is -0.345 e. The lowest BCUT2D eigenvalue weighted by molar-refractivity contribution is -0.117. The van der Waals surface area contributed by atoms with Crippen LogP contribution in [0.5, 0.6) is 0 Å². The normalized spacial score (nSPS) is 11.8. The molecule has 0 saturated carbocycles. The number of carbonyl (C=O) groups excluding carboxylic acids is 2. The summed E-state index contributed by atoms with van der Waals surface area (Å²) in [4.78, 5) is 25.4. The van der Waals surface area contributed by atoms with E-state index in [1.807, 2.05) is 19.9 Å². The fraction of sp³-hybridized carbons (Fsp3) is 0.467. The van der Waals surface area contributed by atoms with Crippen LogP contribution in [0, 0.1) is 6.92 Å². The number of amides is 2. The summed E-state index contributed by atoms with van der Waals surface area (Å²) in [5.41, 5.74) is 7.86. The average molecular weight is 277 g/mol. The second-order valence-electron chi connectivity index (χ2n) is 5.11. The number of nitrogens with two attached hydrogens (primary N) is 1. The van der Waals surface area contributed by atoms with Gasteiger partial charge in [-0.1, -0.05) is 19.4 Å². The van der Waals surface area contributed by atoms with Crippen molar-refractivity contribution in [3.63, 3.8) is 0 Å². The second-order valence-corrected chi connectivity index (χ2v) is 5.11. The van der Waals surface area contributed by atoms with E-state index in [0.717, 1.165) is 12.0 Å². The van der Waals surface area contributed by atoms with E-state index in [9.17, 15) is 9.59 Å². The Bertz CT molecular complexity index is 498. The number of aryl methyl sites for hydroxylation is 1. The summed E-state index contributed by atoms with van der Waals surface area (Å²) in [5.74, 6) is -0.317. The van der Waals surface area contributed by atoms with E-state index in [-0.39, 0.29) is 11.8 Å². The van der Waals surface area contributed by atoms with E-state index >= 15 is 0 Å². The van der Waals surface area contributed by atoms with Gasteiger partial charge < -0.3 is 16.0 Å². The van der Waals surface area contributed by atoms with Crippen molar-refractivity contribution < 1.29 is 9.59 Å². The summed E-state index contributed by atoms with van der Waals surface area (Å²) in [6, 6.07) is 4.73. The van der Waals surface area contributed by atoms with Gasteiger partial charge in [-0.25, -0.2) is 0 Å². The highest BCUT2D eigenvalue weighted by molar-refractivity contribution is 5.99. The summed E-state index contributed by atoms with van der Waals surface area (Å²) in [7, 11) is 3.38. The van der Waals surface area contributed by atoms with Gasteiger partial charge in [-0.05, 0) is 31.0 Å². The van der Waals surface area contributed by atoms with Crippen molar-refractivity contribution in [3.8, 4) is 0 Å². The Labute approximate surface area is 120 Å². The first-order chi connectivity index (χ1) is 9.36. The molecule has 5 heteroatoms. The Kier molecular flexibility index (Phi) is 5.70. The molecule has 1 unspecified atom stereocenters. The van der Waals surface area contributed by atoms with Crippen molar-refractivity contribution in [2.45, 2.75) is 32.7 Å². The van der Waals surface area contributed by atoms with Gasteiger partial charge in [-0.15, -0.1) is 0 Å². The number of anilines is 1. The third-order valence-electron chi connectivity index (χ3n) is 3.09. The van der Waals surface area contributed by atoms with Crippen molar-refractivity contribution in [2.24, 2.45) is 5.73 Å². The molecule has 0 fully saturated rings. The predicted octanol–water partition coefficient (Wildman–Crippen LogP) is 1.76. The van der Waals surface area contributed by atoms with E-state index in [1.165, 1.54) is 4.90 Å². The topological polar surface area (TPSA) is 75.4 Å². The Morgan fingerprint density at radius 2 is 2.00 bits per heavy atom. The quantitative estimate of drug-likeness (QED) is 0.861. The molecule has 0 heterocycles. The van der Waals surface area contributed by atoms with Crippen molar-refractivity contribution in [2.75, 3.05) is 19.4 Å². The molecule has 3 N–H and O–H groups in total. The molecule has 1 aromatic rings. The third kappa shape index (κ3) is 4.06. The van der Waals surface area contributed by atoms with E-state index in [2.05, 4.69) is 5.32 Å². The molecule has 0 aliphatic carbocycles. The second kappa shape index (κ2) is 7.05. The molecule has 1 atom stereocenters. The highest BCUT2D eigenvalue weighted by atomic mass is 16.2. The van der Waals surface area contributed by atoms with Crippen LogP contribution in [0.2, 0.25) is 0 Å². The van der Waals surface area contributed by atoms with Crippen LogP contribution in [0.15, 0.2) is 18.2 Å². The van der Waals surface area contributed by atoms with E-state index in [0.29, 0.717) is 17.7 Å². The Morgan fingerprint density at radius 1 is 1.35 bits per heavy atom. The van der Waals surface area contributed by atoms with Gasteiger partial charge in [-0.3, -0.25) is 9.59 Å². The van der Waals surface area contributed by atoms with Gasteiger partial charge in [-0.2, -0.15) is 0 Å². The molecule has 0 bridgehead atoms. The lowest BCUT2D eigenvalue weighted by Crippen LogP contribution is -2.35. The molecule has 2 amide bonds. The molecule has 0 radical (unpaired) electrons. The minimum atomic E-state index is -0.521. The van der Waals surface area contributed by atoms with Crippen molar-refractivity contribution in [3.05, 3.63) is 29.3 Å². The van der Waals surface area contributed by atoms with E-state index in [1.54, 1.807) is 26.2 Å². The maximum atomic E-state index is 11.9. The lowest BCUT2D eigenvalue weighted by Gasteiger charge is -2.15. The summed E-state index contributed by atoms with van der Waals surface area (Å²) >= 11 is 0. The maximum Gasteiger partial charge on any atom is 0.253 e. The van der Waals surface area contributed by atoms with Crippen molar-refractivity contribution >= 4 is 17.5 Å². The van der Waals surface area contributed by atoms with E-state index in [4.69, 9.17) is 5.73 Å². The summed E-state index contributed by atoms with van der Waals surface area (Å²) in [5, 5.41) is 2.79. The van der Waals surface area contributed by atoms with Crippen LogP contribution in [-0.4, -0.2) is 36.9 Å². The zero-order valence-corrected chi connectivity index (χ0v) is 12.6. The number of rotatable bonds is 5. The first-order valence-corrected chi connectivity index (χ1v) is 6.75. The molecule has 0 spiro atoms. The third-order valence-corrected chi connectivity index (χ3v) is 3.09. The smallest absolute Gasteiger partial charge is 0.253 e. The number of benzene rings is 1. The standard InChI is InChI=1S/C15H23N3O2/c1-5-6-12(16)14(19)17-13-9-11(8-7-10(13)2)15(20)18(3)4/h7-9,12H,5-6,16H2,1-4H3,(H,17,19). The molecule has 0 aliphatic rings. The minimum absolute atomic E-state index is 0.0987. The molecule has 0 aromatic heterocycles. The zero-order chi connectivity index (χ0) is 15.3. The average Bonchev–Trinajstić information content (AvgIpc) is 2.40. The van der Waals surface area contributed by atoms with E-state index < -0.39 is 6.04 Å². The molecule has 5 nitrogen and oxygen atoms in total. The molecule has 0 saturated heterocycles. The number of hydrogen-bond acceptors (Lipinski definition) is 3. The van der Waals surface area contributed by atoms with Crippen LogP contribution in [0.3, 0.4) is 0 Å². The van der Waals surface area contributed by atoms with Crippen molar-refractivity contribution in [1.82, 2.24) is 4.90 Å². The van der Waals surface area contributed by atoms with Gasteiger partial charge in [0.05, 0.1) is 6.04 Å². The largest absolute Gasteiger partial charge is 0.345 e. The summed E-state index contributed by atoms with van der Waals surface area (Å²) < 4.78 is 0. The van der Waals surface area contributed by atoms with Gasteiger partial charge in [0.15, 0.2) is 0 Å². The SMILES string of the molecule is CCCC(N)C(=O)Nc1cc(C(=O)N(C)C)ccc1C. The Morgan fingerprint density at radius 3 is 2.55 bits per heavy atom. The van der Waals surface area contributed by atoms with Gasteiger partial charge in [0, 0.05) is 25.3 Å². The number of nitrogens with one attached hydrogen (secondary N) is 1. The van der Waals surface area contributed by atoms with Crippen LogP contribution in [-0.2, 0) is 4.79 Å². The van der Waals surface area contributed by atoms with Crippen LogP contribution in [0.4, 0.5) is 5.69 Å². The van der Waals surface area contributed by atoms with Crippen LogP contribution >= 0.6 is 0 Å². The fourth-order valence-corrected chi connectivity index (χ4v) is 1.82. The molecule has 110 valence electrons. The maximum absolute atomic E-state index is 11.9. The summed E-state index contributed by atoms with van der Waals surface area (Å²) in [6.45, 7) is 3.86. The molecule has 1 rings (SSSR count). The molecule has 20 heavy (non-hydrogen) atoms.